The lowest BCUT2D eigenvalue weighted by Gasteiger charge is -2.08. The van der Waals surface area contributed by atoms with Gasteiger partial charge in [-0.2, -0.15) is 0 Å². The fourth-order valence-corrected chi connectivity index (χ4v) is 2.59. The molecule has 0 saturated heterocycles. The van der Waals surface area contributed by atoms with Gasteiger partial charge >= 0.3 is 5.97 Å². The number of aryl methyl sites for hydroxylation is 1. The topological polar surface area (TPSA) is 64.6 Å². The third-order valence-corrected chi connectivity index (χ3v) is 4.27. The van der Waals surface area contributed by atoms with Crippen molar-refractivity contribution in [3.05, 3.63) is 89.5 Å². The molecule has 0 spiro atoms. The summed E-state index contributed by atoms with van der Waals surface area (Å²) in [6.07, 6.45) is 0.912. The van der Waals surface area contributed by atoms with E-state index in [0.717, 1.165) is 12.0 Å². The quantitative estimate of drug-likeness (QED) is 0.500. The van der Waals surface area contributed by atoms with Crippen LogP contribution in [0.3, 0.4) is 0 Å². The first-order valence-electron chi connectivity index (χ1n) is 8.95. The van der Waals surface area contributed by atoms with Gasteiger partial charge in [-0.1, -0.05) is 19.1 Å². The summed E-state index contributed by atoms with van der Waals surface area (Å²) in [5.41, 5.74) is 2.77. The zero-order valence-electron chi connectivity index (χ0n) is 15.8. The van der Waals surface area contributed by atoms with Crippen LogP contribution < -0.4 is 14.8 Å². The van der Waals surface area contributed by atoms with Crippen molar-refractivity contribution in [1.82, 2.24) is 0 Å². The maximum absolute atomic E-state index is 12.3. The van der Waals surface area contributed by atoms with Crippen molar-refractivity contribution in [1.29, 1.82) is 0 Å². The second-order valence-corrected chi connectivity index (χ2v) is 6.15. The van der Waals surface area contributed by atoms with Crippen LogP contribution in [0.1, 0.15) is 33.2 Å². The Kier molecular flexibility index (Phi) is 6.07. The third kappa shape index (κ3) is 4.76. The van der Waals surface area contributed by atoms with E-state index in [-0.39, 0.29) is 5.91 Å². The normalized spacial score (nSPS) is 10.2. The van der Waals surface area contributed by atoms with E-state index in [1.54, 1.807) is 67.8 Å². The molecule has 0 fully saturated rings. The van der Waals surface area contributed by atoms with E-state index < -0.39 is 5.97 Å². The Bertz CT molecular complexity index is 945. The van der Waals surface area contributed by atoms with Gasteiger partial charge in [0.1, 0.15) is 11.5 Å². The molecular formula is C23H21NO4. The number of carbonyl (C=O) groups excluding carboxylic acids is 2. The fourth-order valence-electron chi connectivity index (χ4n) is 2.59. The zero-order chi connectivity index (χ0) is 19.9. The predicted octanol–water partition coefficient (Wildman–Crippen LogP) is 4.73. The van der Waals surface area contributed by atoms with E-state index in [2.05, 4.69) is 12.2 Å². The standard InChI is InChI=1S/C23H21NO4/c1-3-16-4-6-18(7-5-16)23(26)28-21-12-8-17(9-13-21)22(25)24-19-10-14-20(27-2)15-11-19/h4-15H,3H2,1-2H3,(H,24,25). The largest absolute Gasteiger partial charge is 0.497 e. The van der Waals surface area contributed by atoms with Gasteiger partial charge in [0.25, 0.3) is 5.91 Å². The summed E-state index contributed by atoms with van der Waals surface area (Å²) < 4.78 is 10.5. The lowest BCUT2D eigenvalue weighted by molar-refractivity contribution is 0.0734. The summed E-state index contributed by atoms with van der Waals surface area (Å²) in [4.78, 5) is 24.5. The van der Waals surface area contributed by atoms with E-state index in [1.165, 1.54) is 0 Å². The van der Waals surface area contributed by atoms with Gasteiger partial charge in [-0.15, -0.1) is 0 Å². The maximum Gasteiger partial charge on any atom is 0.343 e. The Balaban J connectivity index is 1.61. The Morgan fingerprint density at radius 2 is 1.36 bits per heavy atom. The number of hydrogen-bond acceptors (Lipinski definition) is 4. The molecule has 0 aromatic heterocycles. The SMILES string of the molecule is CCc1ccc(C(=O)Oc2ccc(C(=O)Nc3ccc(OC)cc3)cc2)cc1. The molecule has 3 aromatic rings. The molecule has 0 radical (unpaired) electrons. The summed E-state index contributed by atoms with van der Waals surface area (Å²) in [6.45, 7) is 2.06. The van der Waals surface area contributed by atoms with Crippen LogP contribution in [-0.4, -0.2) is 19.0 Å². The summed E-state index contributed by atoms with van der Waals surface area (Å²) in [5, 5.41) is 2.80. The monoisotopic (exact) mass is 375 g/mol. The highest BCUT2D eigenvalue weighted by Gasteiger charge is 2.10. The highest BCUT2D eigenvalue weighted by molar-refractivity contribution is 6.04. The summed E-state index contributed by atoms with van der Waals surface area (Å²) in [5.74, 6) is 0.412. The number of carbonyl (C=O) groups is 2. The number of methoxy groups -OCH3 is 1. The molecule has 3 rings (SSSR count). The van der Waals surface area contributed by atoms with Gasteiger partial charge in [-0.3, -0.25) is 4.79 Å². The van der Waals surface area contributed by atoms with Gasteiger partial charge in [0.2, 0.25) is 0 Å². The molecule has 142 valence electrons. The maximum atomic E-state index is 12.3. The van der Waals surface area contributed by atoms with Crippen LogP contribution in [0.2, 0.25) is 0 Å². The van der Waals surface area contributed by atoms with Crippen LogP contribution >= 0.6 is 0 Å². The van der Waals surface area contributed by atoms with Crippen LogP contribution in [0.4, 0.5) is 5.69 Å². The van der Waals surface area contributed by atoms with Crippen LogP contribution in [0.15, 0.2) is 72.8 Å². The molecule has 0 atom stereocenters. The van der Waals surface area contributed by atoms with Crippen molar-refractivity contribution < 1.29 is 19.1 Å². The van der Waals surface area contributed by atoms with Crippen LogP contribution in [0, 0.1) is 0 Å². The molecular weight excluding hydrogens is 354 g/mol. The zero-order valence-corrected chi connectivity index (χ0v) is 15.8. The average molecular weight is 375 g/mol. The lowest BCUT2D eigenvalue weighted by Crippen LogP contribution is -2.12. The smallest absolute Gasteiger partial charge is 0.343 e. The molecule has 0 aliphatic heterocycles. The second-order valence-electron chi connectivity index (χ2n) is 6.15. The van der Waals surface area contributed by atoms with Gasteiger partial charge in [-0.25, -0.2) is 4.79 Å². The minimum absolute atomic E-state index is 0.252. The number of rotatable bonds is 6. The first kappa shape index (κ1) is 19.2. The van der Waals surface area contributed by atoms with Crippen molar-refractivity contribution in [2.45, 2.75) is 13.3 Å². The molecule has 1 amide bonds. The molecule has 0 heterocycles. The van der Waals surface area contributed by atoms with E-state index in [0.29, 0.717) is 28.3 Å². The summed E-state index contributed by atoms with van der Waals surface area (Å²) in [6, 6.07) is 20.8. The number of hydrogen-bond donors (Lipinski definition) is 1. The number of esters is 1. The fraction of sp³-hybridized carbons (Fsp3) is 0.130. The molecule has 0 unspecified atom stereocenters. The summed E-state index contributed by atoms with van der Waals surface area (Å²) >= 11 is 0. The van der Waals surface area contributed by atoms with E-state index in [9.17, 15) is 9.59 Å². The van der Waals surface area contributed by atoms with Crippen molar-refractivity contribution in [2.75, 3.05) is 12.4 Å². The molecule has 3 aromatic carbocycles. The highest BCUT2D eigenvalue weighted by Crippen LogP contribution is 2.18. The molecule has 0 saturated carbocycles. The van der Waals surface area contributed by atoms with Crippen LogP contribution in [0.25, 0.3) is 0 Å². The molecule has 0 aliphatic carbocycles. The van der Waals surface area contributed by atoms with Gasteiger partial charge in [0.15, 0.2) is 0 Å². The molecule has 5 nitrogen and oxygen atoms in total. The van der Waals surface area contributed by atoms with Crippen LogP contribution in [-0.2, 0) is 6.42 Å². The van der Waals surface area contributed by atoms with Crippen LogP contribution in [0.5, 0.6) is 11.5 Å². The van der Waals surface area contributed by atoms with Gasteiger partial charge < -0.3 is 14.8 Å². The molecule has 0 aliphatic rings. The minimum atomic E-state index is -0.432. The molecule has 5 heteroatoms. The molecule has 0 bridgehead atoms. The molecule has 1 N–H and O–H groups in total. The Hall–Kier alpha value is -3.60. The van der Waals surface area contributed by atoms with E-state index >= 15 is 0 Å². The van der Waals surface area contributed by atoms with Gasteiger partial charge in [0, 0.05) is 11.3 Å². The van der Waals surface area contributed by atoms with E-state index in [1.807, 2.05) is 12.1 Å². The number of anilines is 1. The van der Waals surface area contributed by atoms with Gasteiger partial charge in [-0.05, 0) is 72.6 Å². The van der Waals surface area contributed by atoms with Crippen molar-refractivity contribution >= 4 is 17.6 Å². The third-order valence-electron chi connectivity index (χ3n) is 4.27. The second kappa shape index (κ2) is 8.86. The number of benzene rings is 3. The van der Waals surface area contributed by atoms with E-state index in [4.69, 9.17) is 9.47 Å². The Labute approximate surface area is 163 Å². The lowest BCUT2D eigenvalue weighted by atomic mass is 10.1. The number of nitrogens with one attached hydrogen (secondary N) is 1. The first-order chi connectivity index (χ1) is 13.6. The Morgan fingerprint density at radius 1 is 0.786 bits per heavy atom. The van der Waals surface area contributed by atoms with Crippen molar-refractivity contribution in [3.63, 3.8) is 0 Å². The minimum Gasteiger partial charge on any atom is -0.497 e. The predicted molar refractivity (Wildman–Crippen MR) is 108 cm³/mol. The average Bonchev–Trinajstić information content (AvgIpc) is 2.74. The highest BCUT2D eigenvalue weighted by atomic mass is 16.5. The van der Waals surface area contributed by atoms with Gasteiger partial charge in [0.05, 0.1) is 12.7 Å². The first-order valence-corrected chi connectivity index (χ1v) is 8.95. The Morgan fingerprint density at radius 3 is 1.93 bits per heavy atom. The van der Waals surface area contributed by atoms with Crippen molar-refractivity contribution in [2.24, 2.45) is 0 Å². The van der Waals surface area contributed by atoms with Crippen molar-refractivity contribution in [3.8, 4) is 11.5 Å². The summed E-state index contributed by atoms with van der Waals surface area (Å²) in [7, 11) is 1.59. The molecule has 28 heavy (non-hydrogen) atoms. The number of ether oxygens (including phenoxy) is 2. The number of amides is 1.